The first-order chi connectivity index (χ1) is 15.2. The largest absolute Gasteiger partial charge is 0.394 e. The Labute approximate surface area is 191 Å². The molecule has 0 unspecified atom stereocenters. The van der Waals surface area contributed by atoms with Crippen LogP contribution in [0.1, 0.15) is 110 Å². The van der Waals surface area contributed by atoms with Crippen LogP contribution in [-0.2, 0) is 9.47 Å². The van der Waals surface area contributed by atoms with Crippen molar-refractivity contribution in [3.05, 3.63) is 12.2 Å². The Hall–Kier alpha value is -0.460. The lowest BCUT2D eigenvalue weighted by Crippen LogP contribution is -2.41. The molecule has 0 bridgehead atoms. The Balaban J connectivity index is 1.81. The summed E-state index contributed by atoms with van der Waals surface area (Å²) in [7, 11) is 0. The van der Waals surface area contributed by atoms with Gasteiger partial charge in [-0.25, -0.2) is 0 Å². The number of unbranched alkanes of at least 4 members (excludes halogenated alkanes) is 14. The molecular formula is C26H50O5. The summed E-state index contributed by atoms with van der Waals surface area (Å²) in [5.74, 6) is 0. The maximum Gasteiger partial charge on any atom is 0.114 e. The Kier molecular flexibility index (Phi) is 18.6. The molecule has 5 heteroatoms. The first-order valence-electron chi connectivity index (χ1n) is 13.1. The smallest absolute Gasteiger partial charge is 0.114 e. The first kappa shape index (κ1) is 28.6. The van der Waals surface area contributed by atoms with Crippen molar-refractivity contribution in [3.63, 3.8) is 0 Å². The van der Waals surface area contributed by atoms with Gasteiger partial charge in [0.15, 0.2) is 0 Å². The van der Waals surface area contributed by atoms with Crippen molar-refractivity contribution in [3.8, 4) is 0 Å². The third kappa shape index (κ3) is 14.3. The summed E-state index contributed by atoms with van der Waals surface area (Å²) >= 11 is 0. The highest BCUT2D eigenvalue weighted by Crippen LogP contribution is 2.20. The maximum absolute atomic E-state index is 10.1. The summed E-state index contributed by atoms with van der Waals surface area (Å²) in [6.45, 7) is 2.73. The molecule has 184 valence electrons. The number of aliphatic hydroxyl groups is 3. The van der Waals surface area contributed by atoms with Gasteiger partial charge in [-0.3, -0.25) is 0 Å². The van der Waals surface area contributed by atoms with Crippen LogP contribution in [0.3, 0.4) is 0 Å². The molecule has 0 saturated carbocycles. The monoisotopic (exact) mass is 442 g/mol. The maximum atomic E-state index is 10.1. The van der Waals surface area contributed by atoms with Gasteiger partial charge in [0, 0.05) is 6.61 Å². The summed E-state index contributed by atoms with van der Waals surface area (Å²) in [5, 5.41) is 28.6. The Morgan fingerprint density at radius 1 is 0.839 bits per heavy atom. The minimum Gasteiger partial charge on any atom is -0.394 e. The molecule has 0 aromatic carbocycles. The van der Waals surface area contributed by atoms with E-state index in [4.69, 9.17) is 14.6 Å². The van der Waals surface area contributed by atoms with Crippen molar-refractivity contribution >= 4 is 0 Å². The summed E-state index contributed by atoms with van der Waals surface area (Å²) in [6.07, 6.45) is 22.5. The van der Waals surface area contributed by atoms with Gasteiger partial charge in [0.25, 0.3) is 0 Å². The summed E-state index contributed by atoms with van der Waals surface area (Å²) < 4.78 is 11.0. The number of hydrogen-bond donors (Lipinski definition) is 3. The lowest BCUT2D eigenvalue weighted by atomic mass is 10.1. The van der Waals surface area contributed by atoms with Crippen LogP contribution < -0.4 is 0 Å². The van der Waals surface area contributed by atoms with Crippen LogP contribution in [0.2, 0.25) is 0 Å². The quantitative estimate of drug-likeness (QED) is 0.166. The fourth-order valence-electron chi connectivity index (χ4n) is 4.14. The molecule has 0 amide bonds. The highest BCUT2D eigenvalue weighted by atomic mass is 16.6. The van der Waals surface area contributed by atoms with Gasteiger partial charge in [-0.1, -0.05) is 89.7 Å². The van der Waals surface area contributed by atoms with Gasteiger partial charge < -0.3 is 24.8 Å². The second kappa shape index (κ2) is 20.2. The molecule has 1 heterocycles. The number of hydrogen-bond acceptors (Lipinski definition) is 5. The van der Waals surface area contributed by atoms with Crippen molar-refractivity contribution in [1.29, 1.82) is 0 Å². The predicted molar refractivity (Wildman–Crippen MR) is 127 cm³/mol. The molecule has 31 heavy (non-hydrogen) atoms. The van der Waals surface area contributed by atoms with Gasteiger partial charge in [0.1, 0.15) is 24.4 Å². The molecule has 1 rings (SSSR count). The zero-order valence-corrected chi connectivity index (χ0v) is 20.1. The number of ether oxygens (including phenoxy) is 2. The zero-order valence-electron chi connectivity index (χ0n) is 20.1. The third-order valence-electron chi connectivity index (χ3n) is 6.22. The van der Waals surface area contributed by atoms with E-state index in [-0.39, 0.29) is 6.61 Å². The van der Waals surface area contributed by atoms with Gasteiger partial charge >= 0.3 is 0 Å². The van der Waals surface area contributed by atoms with E-state index in [0.717, 1.165) is 19.3 Å². The normalized spacial score (nSPS) is 22.5. The minimum atomic E-state index is -1.05. The van der Waals surface area contributed by atoms with E-state index in [9.17, 15) is 10.2 Å². The summed E-state index contributed by atoms with van der Waals surface area (Å²) in [4.78, 5) is 0. The van der Waals surface area contributed by atoms with Crippen LogP contribution in [0.15, 0.2) is 12.2 Å². The Bertz CT molecular complexity index is 415. The molecule has 0 aromatic heterocycles. The first-order valence-corrected chi connectivity index (χ1v) is 13.1. The fourth-order valence-corrected chi connectivity index (χ4v) is 4.14. The average Bonchev–Trinajstić information content (AvgIpc) is 3.15. The van der Waals surface area contributed by atoms with Crippen LogP contribution in [-0.4, -0.2) is 59.6 Å². The van der Waals surface area contributed by atoms with E-state index in [0.29, 0.717) is 6.61 Å². The van der Waals surface area contributed by atoms with Crippen LogP contribution in [0.5, 0.6) is 0 Å². The van der Waals surface area contributed by atoms with Crippen molar-refractivity contribution in [2.75, 3.05) is 19.8 Å². The number of aliphatic hydroxyl groups excluding tert-OH is 3. The molecule has 5 nitrogen and oxygen atoms in total. The average molecular weight is 443 g/mol. The van der Waals surface area contributed by atoms with Gasteiger partial charge in [-0.2, -0.15) is 0 Å². The van der Waals surface area contributed by atoms with Crippen molar-refractivity contribution in [1.82, 2.24) is 0 Å². The molecule has 0 spiro atoms. The standard InChI is InChI=1S/C26H50O5/c1-2-3-4-5-6-7-8-9-10-11-12-13-14-15-16-17-18-19-20-30-24-22-31-26(25(24)29)23(28)21-27/h13-14,23-29H,2-12,15-22H2,1H3/b14-13+/t23-,24+,25+,26+/m0/s1. The minimum absolute atomic E-state index is 0.271. The SMILES string of the molecule is CCCCCCCCCCCC/C=C/CCCCCCO[C@@H]1CO[C@H]([C@@H](O)CO)[C@@H]1O. The van der Waals surface area contributed by atoms with E-state index in [1.54, 1.807) is 0 Å². The molecular weight excluding hydrogens is 392 g/mol. The van der Waals surface area contributed by atoms with Crippen LogP contribution in [0.25, 0.3) is 0 Å². The van der Waals surface area contributed by atoms with Crippen molar-refractivity contribution in [2.45, 2.75) is 134 Å². The van der Waals surface area contributed by atoms with Gasteiger partial charge in [-0.15, -0.1) is 0 Å². The molecule has 3 N–H and O–H groups in total. The molecule has 4 atom stereocenters. The van der Waals surface area contributed by atoms with Gasteiger partial charge in [-0.05, 0) is 32.1 Å². The van der Waals surface area contributed by atoms with E-state index < -0.39 is 31.0 Å². The highest BCUT2D eigenvalue weighted by molar-refractivity contribution is 4.88. The van der Waals surface area contributed by atoms with Crippen LogP contribution in [0.4, 0.5) is 0 Å². The van der Waals surface area contributed by atoms with E-state index in [1.165, 1.54) is 83.5 Å². The van der Waals surface area contributed by atoms with E-state index in [2.05, 4.69) is 19.1 Å². The zero-order chi connectivity index (χ0) is 22.6. The van der Waals surface area contributed by atoms with E-state index >= 15 is 0 Å². The number of allylic oxidation sites excluding steroid dienone is 2. The molecule has 1 saturated heterocycles. The molecule has 0 radical (unpaired) electrons. The summed E-state index contributed by atoms with van der Waals surface area (Å²) in [5.41, 5.74) is 0. The van der Waals surface area contributed by atoms with E-state index in [1.807, 2.05) is 0 Å². The second-order valence-electron chi connectivity index (χ2n) is 9.09. The van der Waals surface area contributed by atoms with Crippen molar-refractivity contribution in [2.24, 2.45) is 0 Å². The fraction of sp³-hybridized carbons (Fsp3) is 0.923. The Morgan fingerprint density at radius 3 is 1.90 bits per heavy atom. The topological polar surface area (TPSA) is 79.2 Å². The lowest BCUT2D eigenvalue weighted by molar-refractivity contribution is -0.0730. The second-order valence-corrected chi connectivity index (χ2v) is 9.09. The molecule has 0 aromatic rings. The predicted octanol–water partition coefficient (Wildman–Crippen LogP) is 5.30. The molecule has 1 fully saturated rings. The van der Waals surface area contributed by atoms with Crippen molar-refractivity contribution < 1.29 is 24.8 Å². The summed E-state index contributed by atoms with van der Waals surface area (Å²) in [6, 6.07) is 0. The Morgan fingerprint density at radius 2 is 1.35 bits per heavy atom. The van der Waals surface area contributed by atoms with Crippen LogP contribution in [0, 0.1) is 0 Å². The van der Waals surface area contributed by atoms with Gasteiger partial charge in [0.05, 0.1) is 13.2 Å². The highest BCUT2D eigenvalue weighted by Gasteiger charge is 2.40. The van der Waals surface area contributed by atoms with Gasteiger partial charge in [0.2, 0.25) is 0 Å². The molecule has 1 aliphatic rings. The number of rotatable bonds is 21. The molecule has 0 aliphatic carbocycles. The lowest BCUT2D eigenvalue weighted by Gasteiger charge is -2.20. The molecule has 1 aliphatic heterocycles. The van der Waals surface area contributed by atoms with Crippen LogP contribution >= 0.6 is 0 Å². The third-order valence-corrected chi connectivity index (χ3v) is 6.22.